The number of methoxy groups -OCH3 is 1. The highest BCUT2D eigenvalue weighted by molar-refractivity contribution is 6.47. The first-order valence-corrected chi connectivity index (χ1v) is 9.64. The Kier molecular flexibility index (Phi) is 6.92. The zero-order valence-corrected chi connectivity index (χ0v) is 16.9. The van der Waals surface area contributed by atoms with Gasteiger partial charge in [-0.15, -0.1) is 0 Å². The molecule has 1 saturated carbocycles. The number of carbonyl (C=O) groups is 1. The second-order valence-corrected chi connectivity index (χ2v) is 8.60. The first kappa shape index (κ1) is 21.0. The van der Waals surface area contributed by atoms with E-state index in [1.165, 1.54) is 12.7 Å². The number of rotatable bonds is 7. The van der Waals surface area contributed by atoms with E-state index in [9.17, 15) is 9.90 Å². The number of aliphatic hydroxyl groups is 1. The Bertz CT molecular complexity index is 581. The maximum Gasteiger partial charge on any atom is 0.309 e. The molecule has 1 fully saturated rings. The van der Waals surface area contributed by atoms with Gasteiger partial charge in [0.05, 0.1) is 18.3 Å². The number of hydrogen-bond donors (Lipinski definition) is 1. The predicted octanol–water partition coefficient (Wildman–Crippen LogP) is 3.07. The summed E-state index contributed by atoms with van der Waals surface area (Å²) < 4.78 is 10.7. The second-order valence-electron chi connectivity index (χ2n) is 8.60. The number of benzene rings is 1. The summed E-state index contributed by atoms with van der Waals surface area (Å²) in [6, 6.07) is 8.63. The topological polar surface area (TPSA) is 55.8 Å². The third kappa shape index (κ3) is 5.58. The molecule has 1 aromatic rings. The smallest absolute Gasteiger partial charge is 0.309 e. The summed E-state index contributed by atoms with van der Waals surface area (Å²) in [4.78, 5) is 11.4. The van der Waals surface area contributed by atoms with Gasteiger partial charge < -0.3 is 14.5 Å². The Labute approximate surface area is 158 Å². The lowest BCUT2D eigenvalue weighted by molar-refractivity contribution is -0.142. The Morgan fingerprint density at radius 2 is 1.69 bits per heavy atom. The van der Waals surface area contributed by atoms with Gasteiger partial charge in [0.15, 0.2) is 0 Å². The number of esters is 1. The van der Waals surface area contributed by atoms with Gasteiger partial charge in [-0.25, -0.2) is 0 Å². The average Bonchev–Trinajstić information content (AvgIpc) is 2.60. The molecule has 4 nitrogen and oxygen atoms in total. The van der Waals surface area contributed by atoms with E-state index < -0.39 is 11.2 Å². The number of hydrogen-bond acceptors (Lipinski definition) is 4. The highest BCUT2D eigenvalue weighted by atomic mass is 16.5. The van der Waals surface area contributed by atoms with Gasteiger partial charge in [-0.1, -0.05) is 29.7 Å². The molecular formula is C21H33BO4. The summed E-state index contributed by atoms with van der Waals surface area (Å²) in [5, 5.41) is 10.2. The van der Waals surface area contributed by atoms with Crippen molar-refractivity contribution in [3.63, 3.8) is 0 Å². The molecule has 0 radical (unpaired) electrons. The van der Waals surface area contributed by atoms with Crippen molar-refractivity contribution in [3.8, 4) is 0 Å². The maximum absolute atomic E-state index is 11.4. The van der Waals surface area contributed by atoms with Crippen LogP contribution in [0.1, 0.15) is 71.3 Å². The van der Waals surface area contributed by atoms with Gasteiger partial charge in [0.1, 0.15) is 0 Å². The molecule has 0 bridgehead atoms. The normalized spacial score (nSPS) is 21.3. The van der Waals surface area contributed by atoms with Crippen LogP contribution in [0.25, 0.3) is 0 Å². The summed E-state index contributed by atoms with van der Waals surface area (Å²) in [5.41, 5.74) is 0.983. The fraction of sp³-hybridized carbons (Fsp3) is 0.667. The first-order valence-electron chi connectivity index (χ1n) is 9.64. The second kappa shape index (κ2) is 8.58. The van der Waals surface area contributed by atoms with E-state index in [-0.39, 0.29) is 5.97 Å². The highest BCUT2D eigenvalue weighted by Gasteiger charge is 2.35. The van der Waals surface area contributed by atoms with Crippen LogP contribution in [0.4, 0.5) is 0 Å². The maximum atomic E-state index is 11.4. The average molecular weight is 360 g/mol. The van der Waals surface area contributed by atoms with Crippen molar-refractivity contribution in [3.05, 3.63) is 29.8 Å². The Morgan fingerprint density at radius 1 is 1.12 bits per heavy atom. The molecule has 0 saturated heterocycles. The van der Waals surface area contributed by atoms with Crippen LogP contribution in [0, 0.1) is 5.92 Å². The minimum atomic E-state index is -0.893. The molecule has 0 amide bonds. The molecule has 0 unspecified atom stereocenters. The Hall–Kier alpha value is -1.33. The minimum Gasteiger partial charge on any atom is -0.469 e. The molecule has 0 aromatic heterocycles. The lowest BCUT2D eigenvalue weighted by Crippen LogP contribution is -2.49. The molecule has 1 N–H and O–H groups in total. The van der Waals surface area contributed by atoms with Crippen molar-refractivity contribution in [2.45, 2.75) is 76.9 Å². The van der Waals surface area contributed by atoms with Gasteiger partial charge in [0.25, 0.3) is 0 Å². The van der Waals surface area contributed by atoms with E-state index in [1.807, 2.05) is 13.8 Å². The predicted molar refractivity (Wildman–Crippen MR) is 106 cm³/mol. The fourth-order valence-electron chi connectivity index (χ4n) is 3.35. The van der Waals surface area contributed by atoms with Gasteiger partial charge in [-0.2, -0.15) is 0 Å². The summed E-state index contributed by atoms with van der Waals surface area (Å²) in [6.07, 6.45) is 4.98. The molecule has 1 aliphatic rings. The summed E-state index contributed by atoms with van der Waals surface area (Å²) in [7, 11) is 1.95. The van der Waals surface area contributed by atoms with E-state index >= 15 is 0 Å². The molecular weight excluding hydrogens is 327 g/mol. The molecule has 0 heterocycles. The SMILES string of the molecule is COC(=O)C[C@H]1CC[C@H](c2ccc(BOC(C)(C)C(C)(C)O)cc2)CC1. The van der Waals surface area contributed by atoms with Crippen molar-refractivity contribution in [2.24, 2.45) is 5.92 Å². The summed E-state index contributed by atoms with van der Waals surface area (Å²) in [5.74, 6) is 0.953. The standard InChI is InChI=1S/C21H33BO4/c1-20(2,24)21(3,4)26-22-18-12-10-17(11-13-18)16-8-6-15(7-9-16)14-19(23)25-5/h10-13,15-16,22,24H,6-9,14H2,1-5H3/t15-,16-. The third-order valence-corrected chi connectivity index (χ3v) is 6.05. The van der Waals surface area contributed by atoms with Crippen LogP contribution in [0.5, 0.6) is 0 Å². The molecule has 5 heteroatoms. The lowest BCUT2D eigenvalue weighted by Gasteiger charge is -2.37. The number of carbonyl (C=O) groups excluding carboxylic acids is 1. The largest absolute Gasteiger partial charge is 0.469 e. The Balaban J connectivity index is 1.86. The first-order chi connectivity index (χ1) is 12.1. The molecule has 0 aliphatic heterocycles. The van der Waals surface area contributed by atoms with E-state index in [0.717, 1.165) is 31.1 Å². The van der Waals surface area contributed by atoms with Gasteiger partial charge >= 0.3 is 13.5 Å². The molecule has 0 atom stereocenters. The van der Waals surface area contributed by atoms with Crippen LogP contribution in [-0.4, -0.2) is 36.9 Å². The molecule has 26 heavy (non-hydrogen) atoms. The van der Waals surface area contributed by atoms with Gasteiger partial charge in [0, 0.05) is 6.42 Å². The summed E-state index contributed by atoms with van der Waals surface area (Å²) in [6.45, 7) is 7.36. The monoisotopic (exact) mass is 360 g/mol. The minimum absolute atomic E-state index is 0.0909. The van der Waals surface area contributed by atoms with Crippen LogP contribution >= 0.6 is 0 Å². The molecule has 0 spiro atoms. The van der Waals surface area contributed by atoms with Crippen LogP contribution in [0.2, 0.25) is 0 Å². The zero-order chi connectivity index (χ0) is 19.4. The number of ether oxygens (including phenoxy) is 1. The van der Waals surface area contributed by atoms with Crippen molar-refractivity contribution < 1.29 is 19.3 Å². The lowest BCUT2D eigenvalue weighted by atomic mass is 9.76. The van der Waals surface area contributed by atoms with Gasteiger partial charge in [-0.05, 0) is 70.8 Å². The van der Waals surface area contributed by atoms with Crippen LogP contribution in [-0.2, 0) is 14.2 Å². The molecule has 1 aliphatic carbocycles. The van der Waals surface area contributed by atoms with Crippen molar-refractivity contribution >= 4 is 18.9 Å². The highest BCUT2D eigenvalue weighted by Crippen LogP contribution is 2.36. The third-order valence-electron chi connectivity index (χ3n) is 6.05. The van der Waals surface area contributed by atoms with Gasteiger partial charge in [-0.3, -0.25) is 4.79 Å². The zero-order valence-electron chi connectivity index (χ0n) is 16.9. The molecule has 1 aromatic carbocycles. The Morgan fingerprint density at radius 3 is 2.19 bits per heavy atom. The van der Waals surface area contributed by atoms with Crippen molar-refractivity contribution in [1.82, 2.24) is 0 Å². The van der Waals surface area contributed by atoms with Crippen LogP contribution in [0.15, 0.2) is 24.3 Å². The molecule has 2 rings (SSSR count). The van der Waals surface area contributed by atoms with Crippen molar-refractivity contribution in [2.75, 3.05) is 7.11 Å². The quantitative estimate of drug-likeness (QED) is 0.600. The van der Waals surface area contributed by atoms with E-state index in [2.05, 4.69) is 24.3 Å². The van der Waals surface area contributed by atoms with Crippen LogP contribution < -0.4 is 5.46 Å². The van der Waals surface area contributed by atoms with Crippen molar-refractivity contribution in [1.29, 1.82) is 0 Å². The van der Waals surface area contributed by atoms with Crippen LogP contribution in [0.3, 0.4) is 0 Å². The fourth-order valence-corrected chi connectivity index (χ4v) is 3.35. The van der Waals surface area contributed by atoms with E-state index in [4.69, 9.17) is 9.39 Å². The van der Waals surface area contributed by atoms with Gasteiger partial charge in [0.2, 0.25) is 0 Å². The van der Waals surface area contributed by atoms with E-state index in [1.54, 1.807) is 13.8 Å². The summed E-state index contributed by atoms with van der Waals surface area (Å²) >= 11 is 0. The van der Waals surface area contributed by atoms with E-state index in [0.29, 0.717) is 25.7 Å². The molecule has 144 valence electrons.